The molecule has 3 heteroatoms. The summed E-state index contributed by atoms with van der Waals surface area (Å²) in [7, 11) is 0.847. The smallest absolute Gasteiger partial charge is 0.198 e. The first-order valence-corrected chi connectivity index (χ1v) is 19.6. The fraction of sp³-hybridized carbons (Fsp3) is 0.0566. The monoisotopic (exact) mass is 714 g/mol. The van der Waals surface area contributed by atoms with E-state index >= 15 is 0 Å². The lowest BCUT2D eigenvalue weighted by Gasteiger charge is -2.46. The third-order valence-electron chi connectivity index (χ3n) is 12.2. The fourth-order valence-electron chi connectivity index (χ4n) is 9.38. The van der Waals surface area contributed by atoms with Crippen LogP contribution in [-0.4, -0.2) is 7.28 Å². The van der Waals surface area contributed by atoms with E-state index in [1.807, 2.05) is 0 Å². The van der Waals surface area contributed by atoms with Crippen molar-refractivity contribution in [1.29, 1.82) is 0 Å². The van der Waals surface area contributed by atoms with Crippen LogP contribution < -0.4 is 21.1 Å². The van der Waals surface area contributed by atoms with E-state index < -0.39 is 0 Å². The largest absolute Gasteiger partial charge is 0.355 e. The molecular weight excluding hydrogens is 675 g/mol. The number of para-hydroxylation sites is 1. The molecule has 0 aliphatic carbocycles. The Morgan fingerprint density at radius 2 is 1.09 bits per heavy atom. The van der Waals surface area contributed by atoms with Crippen LogP contribution in [0.5, 0.6) is 0 Å². The Bertz CT molecular complexity index is 2990. The van der Waals surface area contributed by atoms with E-state index in [2.05, 4.69) is 212 Å². The van der Waals surface area contributed by atoms with Crippen molar-refractivity contribution in [3.05, 3.63) is 199 Å². The molecule has 11 rings (SSSR count). The number of nitrogens with one attached hydrogen (secondary N) is 1. The molecule has 0 aromatic heterocycles. The number of hydrogen-bond donors (Lipinski definition) is 1. The topological polar surface area (TPSA) is 15.3 Å². The highest BCUT2D eigenvalue weighted by atomic mass is 15.2. The van der Waals surface area contributed by atoms with Crippen molar-refractivity contribution in [2.45, 2.75) is 19.3 Å². The lowest BCUT2D eigenvalue weighted by atomic mass is 9.55. The van der Waals surface area contributed by atoms with Gasteiger partial charge in [-0.25, -0.2) is 0 Å². The molecule has 2 aliphatic rings. The molecule has 9 aromatic carbocycles. The zero-order valence-corrected chi connectivity index (χ0v) is 31.6. The van der Waals surface area contributed by atoms with Crippen molar-refractivity contribution in [1.82, 2.24) is 0 Å². The van der Waals surface area contributed by atoms with Crippen LogP contribution in [0.3, 0.4) is 0 Å². The molecule has 9 aromatic rings. The zero-order valence-electron chi connectivity index (χ0n) is 31.6. The van der Waals surface area contributed by atoms with Crippen molar-refractivity contribution in [2.24, 2.45) is 0 Å². The van der Waals surface area contributed by atoms with E-state index in [1.54, 1.807) is 0 Å². The molecule has 0 unspecified atom stereocenters. The first-order chi connectivity index (χ1) is 27.5. The highest BCUT2D eigenvalue weighted by molar-refractivity contribution is 6.74. The molecule has 56 heavy (non-hydrogen) atoms. The predicted octanol–water partition coefficient (Wildman–Crippen LogP) is 12.5. The molecule has 0 saturated carbocycles. The van der Waals surface area contributed by atoms with Gasteiger partial charge in [0.15, 0.2) is 7.28 Å². The van der Waals surface area contributed by atoms with Gasteiger partial charge in [-0.3, -0.25) is 0 Å². The van der Waals surface area contributed by atoms with Gasteiger partial charge in [0.05, 0.1) is 5.69 Å². The van der Waals surface area contributed by atoms with Crippen LogP contribution in [0.15, 0.2) is 188 Å². The second kappa shape index (κ2) is 12.6. The van der Waals surface area contributed by atoms with Gasteiger partial charge in [-0.05, 0) is 97.0 Å². The summed E-state index contributed by atoms with van der Waals surface area (Å²) in [4.78, 5) is 2.62. The highest BCUT2D eigenvalue weighted by Gasteiger charge is 2.42. The van der Waals surface area contributed by atoms with Gasteiger partial charge in [0.1, 0.15) is 0 Å². The molecule has 2 aliphatic heterocycles. The van der Waals surface area contributed by atoms with Crippen LogP contribution in [0.2, 0.25) is 0 Å². The van der Waals surface area contributed by atoms with E-state index in [4.69, 9.17) is 0 Å². The minimum atomic E-state index is -0.160. The van der Waals surface area contributed by atoms with Gasteiger partial charge in [0, 0.05) is 39.1 Å². The summed E-state index contributed by atoms with van der Waals surface area (Å²) >= 11 is 0. The van der Waals surface area contributed by atoms with E-state index in [0.717, 1.165) is 18.7 Å². The van der Waals surface area contributed by atoms with Crippen molar-refractivity contribution in [2.75, 3.05) is 10.2 Å². The molecule has 0 atom stereocenters. The number of benzene rings is 9. The minimum Gasteiger partial charge on any atom is -0.355 e. The third kappa shape index (κ3) is 5.12. The summed E-state index contributed by atoms with van der Waals surface area (Å²) in [6.45, 7) is 4.80. The van der Waals surface area contributed by atoms with Gasteiger partial charge in [-0.1, -0.05) is 171 Å². The van der Waals surface area contributed by atoms with Crippen molar-refractivity contribution in [3.8, 4) is 33.4 Å². The second-order valence-electron chi connectivity index (χ2n) is 15.8. The first kappa shape index (κ1) is 32.6. The Hall–Kier alpha value is -6.84. The van der Waals surface area contributed by atoms with Crippen molar-refractivity contribution < 1.29 is 0 Å². The van der Waals surface area contributed by atoms with Gasteiger partial charge >= 0.3 is 0 Å². The minimum absolute atomic E-state index is 0.160. The lowest BCUT2D eigenvalue weighted by molar-refractivity contribution is 0.633. The van der Waals surface area contributed by atoms with Crippen LogP contribution in [0, 0.1) is 0 Å². The van der Waals surface area contributed by atoms with Gasteiger partial charge in [-0.2, -0.15) is 0 Å². The fourth-order valence-corrected chi connectivity index (χ4v) is 9.38. The van der Waals surface area contributed by atoms with Gasteiger partial charge < -0.3 is 10.2 Å². The third-order valence-corrected chi connectivity index (χ3v) is 12.2. The number of hydrogen-bond acceptors (Lipinski definition) is 2. The number of anilines is 5. The summed E-state index contributed by atoms with van der Waals surface area (Å²) in [6, 6.07) is 69.1. The van der Waals surface area contributed by atoms with Crippen LogP contribution in [0.1, 0.15) is 25.0 Å². The zero-order chi connectivity index (χ0) is 37.4. The summed E-state index contributed by atoms with van der Waals surface area (Å²) in [5.74, 6) is 0. The van der Waals surface area contributed by atoms with E-state index in [-0.39, 0.29) is 5.41 Å². The Kier molecular flexibility index (Phi) is 7.34. The van der Waals surface area contributed by atoms with E-state index in [0.29, 0.717) is 0 Å². The van der Waals surface area contributed by atoms with Crippen LogP contribution in [0.4, 0.5) is 28.4 Å². The van der Waals surface area contributed by atoms with Gasteiger partial charge in [-0.15, -0.1) is 0 Å². The summed E-state index contributed by atoms with van der Waals surface area (Å²) in [6.07, 6.45) is 0. The lowest BCUT2D eigenvalue weighted by Crippen LogP contribution is -2.45. The Morgan fingerprint density at radius 1 is 0.464 bits per heavy atom. The first-order valence-electron chi connectivity index (χ1n) is 19.6. The highest BCUT2D eigenvalue weighted by Crippen LogP contribution is 2.54. The molecule has 2 heterocycles. The molecule has 2 nitrogen and oxygen atoms in total. The Labute approximate surface area is 329 Å². The maximum Gasteiger partial charge on any atom is 0.198 e. The molecule has 0 radical (unpaired) electrons. The van der Waals surface area contributed by atoms with Crippen LogP contribution >= 0.6 is 0 Å². The number of rotatable bonds is 5. The van der Waals surface area contributed by atoms with Crippen molar-refractivity contribution >= 4 is 68.2 Å². The standard InChI is InChI=1S/C53H39BN2/c1-53(2)45-22-13-23-47-52(45)56(49-33-38-19-10-9-18-37(38)31-46(49)53)51-42-21-12-11-20-40(42)30-44(50(51)54-47)43-29-26-39(35-16-7-4-8-17-35)32-48(43)55-41-27-24-36(25-28-41)34-14-5-3-6-15-34/h3-33,54-55H,1-2H3. The predicted molar refractivity (Wildman–Crippen MR) is 241 cm³/mol. The molecule has 0 bridgehead atoms. The van der Waals surface area contributed by atoms with Gasteiger partial charge in [0.25, 0.3) is 0 Å². The van der Waals surface area contributed by atoms with Crippen molar-refractivity contribution in [3.63, 3.8) is 0 Å². The Morgan fingerprint density at radius 3 is 1.84 bits per heavy atom. The molecule has 0 fully saturated rings. The van der Waals surface area contributed by atoms with E-state index in [9.17, 15) is 0 Å². The summed E-state index contributed by atoms with van der Waals surface area (Å²) < 4.78 is 0. The van der Waals surface area contributed by atoms with E-state index in [1.165, 1.54) is 94.0 Å². The van der Waals surface area contributed by atoms with Gasteiger partial charge in [0.2, 0.25) is 0 Å². The summed E-state index contributed by atoms with van der Waals surface area (Å²) in [5.41, 5.74) is 18.6. The average Bonchev–Trinajstić information content (AvgIpc) is 3.25. The molecule has 0 amide bonds. The maximum atomic E-state index is 3.91. The van der Waals surface area contributed by atoms with Crippen LogP contribution in [0.25, 0.3) is 54.9 Å². The average molecular weight is 715 g/mol. The molecule has 1 N–H and O–H groups in total. The quantitative estimate of drug-likeness (QED) is 0.179. The second-order valence-corrected chi connectivity index (χ2v) is 15.8. The molecular formula is C53H39BN2. The SMILES string of the molecule is CC1(C)c2cc3ccccc3cc2N2c3c(cccc31)Bc1c(-c3ccc(-c4ccccc4)cc3Nc3ccc(-c4ccccc4)cc3)cc3ccccc3c12. The Balaban J connectivity index is 1.15. The molecule has 0 spiro atoms. The summed E-state index contributed by atoms with van der Waals surface area (Å²) in [5, 5.41) is 8.96. The number of nitrogens with zero attached hydrogens (tertiary/aromatic N) is 1. The number of fused-ring (bicyclic) bond motifs is 7. The normalized spacial score (nSPS) is 13.4. The molecule has 264 valence electrons. The maximum absolute atomic E-state index is 3.91. The molecule has 0 saturated heterocycles. The van der Waals surface area contributed by atoms with Crippen LogP contribution in [-0.2, 0) is 5.41 Å².